The Bertz CT molecular complexity index is 729. The molecule has 0 saturated heterocycles. The number of nitro groups is 1. The molecule has 0 aliphatic carbocycles. The average molecular weight is 350 g/mol. The summed E-state index contributed by atoms with van der Waals surface area (Å²) in [7, 11) is 0. The molecule has 2 rings (SSSR count). The number of imide groups is 1. The summed E-state index contributed by atoms with van der Waals surface area (Å²) in [6, 6.07) is 2.12. The van der Waals surface area contributed by atoms with Gasteiger partial charge in [0.25, 0.3) is 11.8 Å². The van der Waals surface area contributed by atoms with Crippen molar-refractivity contribution in [1.29, 1.82) is 0 Å². The van der Waals surface area contributed by atoms with E-state index in [1.165, 1.54) is 0 Å². The van der Waals surface area contributed by atoms with E-state index in [1.807, 2.05) is 0 Å². The van der Waals surface area contributed by atoms with Gasteiger partial charge in [0.1, 0.15) is 6.54 Å². The summed E-state index contributed by atoms with van der Waals surface area (Å²) in [5, 5.41) is 20.0. The fraction of sp³-hybridized carbons (Fsp3) is 0.438. The lowest BCUT2D eigenvalue weighted by Crippen LogP contribution is -2.34. The highest BCUT2D eigenvalue weighted by atomic mass is 16.6. The van der Waals surface area contributed by atoms with Crippen LogP contribution in [0.25, 0.3) is 0 Å². The Morgan fingerprint density at radius 1 is 1.20 bits per heavy atom. The highest BCUT2D eigenvalue weighted by Crippen LogP contribution is 2.35. The predicted molar refractivity (Wildman–Crippen MR) is 85.7 cm³/mol. The number of benzene rings is 1. The van der Waals surface area contributed by atoms with Crippen LogP contribution < -0.4 is 4.74 Å². The third kappa shape index (κ3) is 3.93. The normalized spacial score (nSPS) is 13.1. The zero-order chi connectivity index (χ0) is 18.6. The van der Waals surface area contributed by atoms with Crippen LogP contribution in [0, 0.1) is 10.1 Å². The van der Waals surface area contributed by atoms with Crippen molar-refractivity contribution in [2.45, 2.75) is 32.6 Å². The summed E-state index contributed by atoms with van der Waals surface area (Å²) in [5.41, 5.74) is -0.691. The number of carbonyl (C=O) groups excluding carboxylic acids is 2. The summed E-state index contributed by atoms with van der Waals surface area (Å²) in [6.45, 7) is 1.51. The maximum atomic E-state index is 12.2. The van der Waals surface area contributed by atoms with Crippen LogP contribution in [0.3, 0.4) is 0 Å². The van der Waals surface area contributed by atoms with Gasteiger partial charge in [0.2, 0.25) is 0 Å². The van der Waals surface area contributed by atoms with Crippen LogP contribution in [0.2, 0.25) is 0 Å². The third-order valence-electron chi connectivity index (χ3n) is 3.80. The van der Waals surface area contributed by atoms with E-state index in [0.29, 0.717) is 11.3 Å². The molecule has 134 valence electrons. The van der Waals surface area contributed by atoms with Gasteiger partial charge in [-0.25, -0.2) is 0 Å². The summed E-state index contributed by atoms with van der Waals surface area (Å²) in [6.07, 6.45) is 3.68. The molecule has 9 heteroatoms. The molecule has 1 aliphatic rings. The molecule has 0 atom stereocenters. The van der Waals surface area contributed by atoms with Crippen LogP contribution in [0.15, 0.2) is 12.1 Å². The number of ether oxygens (including phenoxy) is 1. The van der Waals surface area contributed by atoms with Crippen molar-refractivity contribution in [2.24, 2.45) is 0 Å². The zero-order valence-corrected chi connectivity index (χ0v) is 13.7. The second-order valence-electron chi connectivity index (χ2n) is 5.62. The Morgan fingerprint density at radius 3 is 2.40 bits per heavy atom. The van der Waals surface area contributed by atoms with Crippen LogP contribution in [0.5, 0.6) is 5.75 Å². The zero-order valence-electron chi connectivity index (χ0n) is 13.7. The molecule has 1 aromatic carbocycles. The molecule has 9 nitrogen and oxygen atoms in total. The quantitative estimate of drug-likeness (QED) is 0.313. The Labute approximate surface area is 143 Å². The third-order valence-corrected chi connectivity index (χ3v) is 3.80. The van der Waals surface area contributed by atoms with Gasteiger partial charge >= 0.3 is 11.7 Å². The Kier molecular flexibility index (Phi) is 5.68. The van der Waals surface area contributed by atoms with Crippen LogP contribution in [-0.4, -0.2) is 45.9 Å². The van der Waals surface area contributed by atoms with E-state index >= 15 is 0 Å². The number of amides is 2. The van der Waals surface area contributed by atoms with Gasteiger partial charge in [0.05, 0.1) is 22.7 Å². The van der Waals surface area contributed by atoms with Crippen LogP contribution in [0.1, 0.15) is 53.3 Å². The molecular formula is C16H18N2O7. The number of hydrogen-bond donors (Lipinski definition) is 1. The largest absolute Gasteiger partial charge is 0.487 e. The Morgan fingerprint density at radius 2 is 1.84 bits per heavy atom. The number of fused-ring (bicyclic) bond motifs is 1. The first kappa shape index (κ1) is 18.4. The molecule has 1 aromatic rings. The van der Waals surface area contributed by atoms with E-state index in [-0.39, 0.29) is 23.5 Å². The number of carboxylic acid groups (broad SMARTS) is 1. The van der Waals surface area contributed by atoms with E-state index in [1.54, 1.807) is 0 Å². The number of nitrogens with zero attached hydrogens (tertiary/aromatic N) is 2. The number of aliphatic carboxylic acids is 1. The van der Waals surface area contributed by atoms with Crippen LogP contribution in [0.4, 0.5) is 5.69 Å². The number of nitro benzene ring substituents is 1. The van der Waals surface area contributed by atoms with E-state index in [4.69, 9.17) is 9.84 Å². The number of hydrogen-bond acceptors (Lipinski definition) is 6. The maximum absolute atomic E-state index is 12.2. The molecule has 1 heterocycles. The second-order valence-corrected chi connectivity index (χ2v) is 5.62. The fourth-order valence-corrected chi connectivity index (χ4v) is 2.55. The fourth-order valence-electron chi connectivity index (χ4n) is 2.55. The van der Waals surface area contributed by atoms with Gasteiger partial charge in [0.15, 0.2) is 5.75 Å². The highest BCUT2D eigenvalue weighted by Gasteiger charge is 2.39. The van der Waals surface area contributed by atoms with Crippen molar-refractivity contribution in [3.63, 3.8) is 0 Å². The van der Waals surface area contributed by atoms with Gasteiger partial charge in [-0.3, -0.25) is 29.4 Å². The van der Waals surface area contributed by atoms with Crippen molar-refractivity contribution < 1.29 is 29.2 Å². The van der Waals surface area contributed by atoms with E-state index in [0.717, 1.165) is 31.4 Å². The Hall–Kier alpha value is -2.97. The van der Waals surface area contributed by atoms with Gasteiger partial charge < -0.3 is 9.84 Å². The minimum absolute atomic E-state index is 0.0830. The van der Waals surface area contributed by atoms with Gasteiger partial charge in [-0.15, -0.1) is 0 Å². The molecule has 0 bridgehead atoms. The molecule has 1 aliphatic heterocycles. The van der Waals surface area contributed by atoms with E-state index in [9.17, 15) is 24.5 Å². The number of carbonyl (C=O) groups is 3. The van der Waals surface area contributed by atoms with Crippen LogP contribution in [-0.2, 0) is 4.79 Å². The van der Waals surface area contributed by atoms with E-state index < -0.39 is 34.9 Å². The lowest BCUT2D eigenvalue weighted by atomic mass is 10.1. The number of rotatable bonds is 9. The minimum atomic E-state index is -1.35. The molecule has 0 aromatic heterocycles. The first-order valence-corrected chi connectivity index (χ1v) is 7.90. The van der Waals surface area contributed by atoms with Crippen molar-refractivity contribution in [3.05, 3.63) is 33.4 Å². The lowest BCUT2D eigenvalue weighted by Gasteiger charge is -2.09. The number of unbranched alkanes of at least 4 members (excludes halogenated alkanes) is 3. The molecule has 0 radical (unpaired) electrons. The predicted octanol–water partition coefficient (Wildman–Crippen LogP) is 2.23. The van der Waals surface area contributed by atoms with Gasteiger partial charge in [-0.05, 0) is 6.42 Å². The standard InChI is InChI=1S/C16H18N2O7/c1-2-3-4-5-6-25-13-8-11-10(7-12(13)18(23)24)15(21)17(16(11)22)9-14(19)20/h7-8H,2-6,9H2,1H3,(H,19,20). The van der Waals surface area contributed by atoms with Crippen molar-refractivity contribution in [2.75, 3.05) is 13.2 Å². The molecule has 1 N–H and O–H groups in total. The first-order valence-electron chi connectivity index (χ1n) is 7.90. The molecular weight excluding hydrogens is 332 g/mol. The first-order chi connectivity index (χ1) is 11.9. The second kappa shape index (κ2) is 7.73. The van der Waals surface area contributed by atoms with E-state index in [2.05, 4.69) is 6.92 Å². The summed E-state index contributed by atoms with van der Waals surface area (Å²) >= 11 is 0. The monoisotopic (exact) mass is 350 g/mol. The molecule has 0 spiro atoms. The minimum Gasteiger partial charge on any atom is -0.487 e. The lowest BCUT2D eigenvalue weighted by molar-refractivity contribution is -0.385. The van der Waals surface area contributed by atoms with Crippen molar-refractivity contribution >= 4 is 23.5 Å². The van der Waals surface area contributed by atoms with Gasteiger partial charge in [-0.1, -0.05) is 26.2 Å². The molecule has 0 unspecified atom stereocenters. The molecule has 0 saturated carbocycles. The molecule has 0 fully saturated rings. The summed E-state index contributed by atoms with van der Waals surface area (Å²) < 4.78 is 5.43. The maximum Gasteiger partial charge on any atom is 0.323 e. The average Bonchev–Trinajstić information content (AvgIpc) is 2.78. The highest BCUT2D eigenvalue weighted by molar-refractivity contribution is 6.22. The SMILES string of the molecule is CCCCCCOc1cc2c(cc1[N+](=O)[O-])C(=O)N(CC(=O)O)C2=O. The van der Waals surface area contributed by atoms with Crippen LogP contribution >= 0.6 is 0 Å². The summed E-state index contributed by atoms with van der Waals surface area (Å²) in [4.78, 5) is 46.2. The number of carboxylic acids is 1. The topological polar surface area (TPSA) is 127 Å². The van der Waals surface area contributed by atoms with Crippen molar-refractivity contribution in [1.82, 2.24) is 4.90 Å². The van der Waals surface area contributed by atoms with Gasteiger partial charge in [-0.2, -0.15) is 0 Å². The Balaban J connectivity index is 2.28. The molecule has 25 heavy (non-hydrogen) atoms. The van der Waals surface area contributed by atoms with Crippen molar-refractivity contribution in [3.8, 4) is 5.75 Å². The summed E-state index contributed by atoms with van der Waals surface area (Å²) in [5.74, 6) is -3.11. The smallest absolute Gasteiger partial charge is 0.323 e. The molecule has 2 amide bonds. The van der Waals surface area contributed by atoms with Gasteiger partial charge in [0, 0.05) is 12.1 Å².